The van der Waals surface area contributed by atoms with Crippen LogP contribution in [-0.2, 0) is 5.60 Å². The first-order chi connectivity index (χ1) is 11.2. The van der Waals surface area contributed by atoms with Gasteiger partial charge in [-0.05, 0) is 38.1 Å². The number of nitrogens with zero attached hydrogens (tertiary/aromatic N) is 1. The third-order valence-electron chi connectivity index (χ3n) is 4.22. The highest BCUT2D eigenvalue weighted by Crippen LogP contribution is 2.29. The molecule has 0 radical (unpaired) electrons. The largest absolute Gasteiger partial charge is 0.369 e. The highest BCUT2D eigenvalue weighted by molar-refractivity contribution is 9.10. The second-order valence-electron chi connectivity index (χ2n) is 5.87. The van der Waals surface area contributed by atoms with Crippen LogP contribution >= 0.6 is 15.9 Å². The minimum absolute atomic E-state index is 0.714. The molecule has 1 N–H and O–H groups in total. The quantitative estimate of drug-likeness (QED) is 0.832. The van der Waals surface area contributed by atoms with Crippen molar-refractivity contribution in [3.05, 3.63) is 70.2 Å². The van der Waals surface area contributed by atoms with E-state index in [2.05, 4.69) is 32.7 Å². The van der Waals surface area contributed by atoms with Gasteiger partial charge in [-0.3, -0.25) is 4.90 Å². The Morgan fingerprint density at radius 2 is 1.57 bits per heavy atom. The molecule has 0 spiro atoms. The third-order valence-corrected chi connectivity index (χ3v) is 4.75. The number of hydrogen-bond donors (Lipinski definition) is 1. The molecule has 1 saturated heterocycles. The molecule has 2 nitrogen and oxygen atoms in total. The molecule has 1 fully saturated rings. The molecule has 3 heteroatoms. The van der Waals surface area contributed by atoms with E-state index in [0.29, 0.717) is 6.54 Å². The Hall–Kier alpha value is -1.60. The van der Waals surface area contributed by atoms with Gasteiger partial charge in [-0.1, -0.05) is 70.2 Å². The Morgan fingerprint density at radius 3 is 2.22 bits per heavy atom. The maximum atomic E-state index is 11.3. The minimum atomic E-state index is -1.28. The van der Waals surface area contributed by atoms with Crippen molar-refractivity contribution in [2.45, 2.75) is 18.4 Å². The molecule has 1 aliphatic rings. The summed E-state index contributed by atoms with van der Waals surface area (Å²) in [6.45, 7) is 2.93. The first-order valence-electron chi connectivity index (χ1n) is 7.95. The minimum Gasteiger partial charge on any atom is -0.369 e. The zero-order valence-electron chi connectivity index (χ0n) is 13.0. The monoisotopic (exact) mass is 369 g/mol. The maximum Gasteiger partial charge on any atom is 0.176 e. The van der Waals surface area contributed by atoms with Crippen LogP contribution < -0.4 is 0 Å². The fourth-order valence-electron chi connectivity index (χ4n) is 2.90. The van der Waals surface area contributed by atoms with Crippen molar-refractivity contribution >= 4 is 15.9 Å². The standard InChI is InChI=1S/C20H20BrNO/c21-19-11-9-18(10-12-19)20(23,17-7-2-1-3-8-17)13-6-16-22-14-4-5-15-22/h1-3,7-12,23H,4-5,14-16H2. The van der Waals surface area contributed by atoms with E-state index in [1.54, 1.807) is 0 Å². The van der Waals surface area contributed by atoms with Gasteiger partial charge in [0.05, 0.1) is 6.54 Å². The van der Waals surface area contributed by atoms with E-state index in [1.807, 2.05) is 54.6 Å². The topological polar surface area (TPSA) is 23.5 Å². The Bertz CT molecular complexity index is 696. The van der Waals surface area contributed by atoms with Crippen LogP contribution in [0.5, 0.6) is 0 Å². The van der Waals surface area contributed by atoms with Crippen LogP contribution in [0.1, 0.15) is 24.0 Å². The SMILES string of the molecule is OC(C#CCN1CCCC1)(c1ccccc1)c1ccc(Br)cc1. The van der Waals surface area contributed by atoms with Crippen LogP contribution in [0.15, 0.2) is 59.1 Å². The van der Waals surface area contributed by atoms with Gasteiger partial charge in [-0.15, -0.1) is 0 Å². The summed E-state index contributed by atoms with van der Waals surface area (Å²) in [5.74, 6) is 6.32. The van der Waals surface area contributed by atoms with Gasteiger partial charge < -0.3 is 5.11 Å². The Morgan fingerprint density at radius 1 is 0.957 bits per heavy atom. The molecule has 1 unspecified atom stereocenters. The van der Waals surface area contributed by atoms with Gasteiger partial charge in [0.15, 0.2) is 5.60 Å². The molecule has 0 saturated carbocycles. The molecule has 0 amide bonds. The van der Waals surface area contributed by atoms with Crippen molar-refractivity contribution < 1.29 is 5.11 Å². The number of likely N-dealkylation sites (tertiary alicyclic amines) is 1. The molecule has 118 valence electrons. The van der Waals surface area contributed by atoms with Gasteiger partial charge >= 0.3 is 0 Å². The second-order valence-corrected chi connectivity index (χ2v) is 6.78. The summed E-state index contributed by atoms with van der Waals surface area (Å²) in [5.41, 5.74) is 0.318. The third kappa shape index (κ3) is 3.84. The zero-order valence-corrected chi connectivity index (χ0v) is 14.6. The summed E-state index contributed by atoms with van der Waals surface area (Å²) in [7, 11) is 0. The molecular weight excluding hydrogens is 350 g/mol. The lowest BCUT2D eigenvalue weighted by Crippen LogP contribution is -2.26. The fraction of sp³-hybridized carbons (Fsp3) is 0.300. The van der Waals surface area contributed by atoms with Crippen molar-refractivity contribution in [2.24, 2.45) is 0 Å². The smallest absolute Gasteiger partial charge is 0.176 e. The van der Waals surface area contributed by atoms with E-state index in [4.69, 9.17) is 0 Å². The highest BCUT2D eigenvalue weighted by atomic mass is 79.9. The molecular formula is C20H20BrNO. The Balaban J connectivity index is 1.93. The summed E-state index contributed by atoms with van der Waals surface area (Å²) >= 11 is 3.44. The Labute approximate surface area is 146 Å². The first kappa shape index (κ1) is 16.3. The van der Waals surface area contributed by atoms with Crippen molar-refractivity contribution in [3.8, 4) is 11.8 Å². The lowest BCUT2D eigenvalue weighted by molar-refractivity contribution is 0.145. The number of rotatable bonds is 3. The molecule has 1 heterocycles. The fourth-order valence-corrected chi connectivity index (χ4v) is 3.17. The van der Waals surface area contributed by atoms with Gasteiger partial charge in [-0.2, -0.15) is 0 Å². The zero-order chi connectivity index (χ0) is 16.1. The van der Waals surface area contributed by atoms with Gasteiger partial charge in [0.2, 0.25) is 0 Å². The summed E-state index contributed by atoms with van der Waals surface area (Å²) in [4.78, 5) is 2.33. The second kappa shape index (κ2) is 7.31. The lowest BCUT2D eigenvalue weighted by atomic mass is 9.87. The molecule has 3 rings (SSSR count). The van der Waals surface area contributed by atoms with E-state index in [-0.39, 0.29) is 0 Å². The molecule has 2 aromatic rings. The summed E-state index contributed by atoms with van der Waals surface area (Å²) in [5, 5.41) is 11.3. The van der Waals surface area contributed by atoms with Gasteiger partial charge in [0.25, 0.3) is 0 Å². The predicted octanol–water partition coefficient (Wildman–Crippen LogP) is 3.78. The number of benzene rings is 2. The van der Waals surface area contributed by atoms with Gasteiger partial charge in [0, 0.05) is 15.6 Å². The number of halogens is 1. The van der Waals surface area contributed by atoms with Crippen molar-refractivity contribution in [1.82, 2.24) is 4.90 Å². The molecule has 2 aromatic carbocycles. The van der Waals surface area contributed by atoms with E-state index in [9.17, 15) is 5.11 Å². The molecule has 0 bridgehead atoms. The summed E-state index contributed by atoms with van der Waals surface area (Å²) in [6, 6.07) is 17.4. The van der Waals surface area contributed by atoms with E-state index in [1.165, 1.54) is 12.8 Å². The maximum absolute atomic E-state index is 11.3. The molecule has 0 aromatic heterocycles. The van der Waals surface area contributed by atoms with Gasteiger partial charge in [0.1, 0.15) is 0 Å². The van der Waals surface area contributed by atoms with E-state index < -0.39 is 5.60 Å². The average molecular weight is 370 g/mol. The first-order valence-corrected chi connectivity index (χ1v) is 8.74. The van der Waals surface area contributed by atoms with Crippen LogP contribution in [-0.4, -0.2) is 29.6 Å². The van der Waals surface area contributed by atoms with Crippen LogP contribution in [0.25, 0.3) is 0 Å². The summed E-state index contributed by atoms with van der Waals surface area (Å²) < 4.78 is 0.988. The van der Waals surface area contributed by atoms with Crippen LogP contribution in [0.3, 0.4) is 0 Å². The van der Waals surface area contributed by atoms with Gasteiger partial charge in [-0.25, -0.2) is 0 Å². The molecule has 1 aliphatic heterocycles. The van der Waals surface area contributed by atoms with Crippen LogP contribution in [0.2, 0.25) is 0 Å². The van der Waals surface area contributed by atoms with E-state index in [0.717, 1.165) is 28.7 Å². The number of hydrogen-bond acceptors (Lipinski definition) is 2. The molecule has 23 heavy (non-hydrogen) atoms. The van der Waals surface area contributed by atoms with E-state index >= 15 is 0 Å². The van der Waals surface area contributed by atoms with Crippen LogP contribution in [0, 0.1) is 11.8 Å². The molecule has 1 atom stereocenters. The predicted molar refractivity (Wildman–Crippen MR) is 97.0 cm³/mol. The van der Waals surface area contributed by atoms with Crippen molar-refractivity contribution in [2.75, 3.05) is 19.6 Å². The normalized spacial score (nSPS) is 17.3. The Kier molecular flexibility index (Phi) is 5.17. The number of aliphatic hydroxyl groups is 1. The lowest BCUT2D eigenvalue weighted by Gasteiger charge is -2.24. The van der Waals surface area contributed by atoms with Crippen LogP contribution in [0.4, 0.5) is 0 Å². The highest BCUT2D eigenvalue weighted by Gasteiger charge is 2.29. The van der Waals surface area contributed by atoms with Crippen molar-refractivity contribution in [3.63, 3.8) is 0 Å². The van der Waals surface area contributed by atoms with Crippen molar-refractivity contribution in [1.29, 1.82) is 0 Å². The molecule has 0 aliphatic carbocycles. The summed E-state index contributed by atoms with van der Waals surface area (Å²) in [6.07, 6.45) is 2.49. The average Bonchev–Trinajstić information content (AvgIpc) is 3.09.